The molecule has 1 heterocycles. The minimum atomic E-state index is -3.31. The number of hydrogen-bond acceptors (Lipinski definition) is 5. The third kappa shape index (κ3) is 4.56. The van der Waals surface area contributed by atoms with Crippen LogP contribution in [0.25, 0.3) is 0 Å². The Morgan fingerprint density at radius 1 is 1.15 bits per heavy atom. The van der Waals surface area contributed by atoms with E-state index in [0.29, 0.717) is 10.8 Å². The summed E-state index contributed by atoms with van der Waals surface area (Å²) in [5, 5.41) is 0. The lowest BCUT2D eigenvalue weighted by atomic mass is 9.87. The molecular weight excluding hydrogens is 384 g/mol. The van der Waals surface area contributed by atoms with Crippen LogP contribution in [0.4, 0.5) is 0 Å². The van der Waals surface area contributed by atoms with E-state index >= 15 is 0 Å². The predicted octanol–water partition coefficient (Wildman–Crippen LogP) is 2.74. The number of carbonyl (C=O) groups excluding carboxylic acids is 2. The highest BCUT2D eigenvalue weighted by molar-refractivity contribution is 7.90. The first-order chi connectivity index (χ1) is 12.8. The molecule has 27 heavy (non-hydrogen) atoms. The molecule has 1 aliphatic rings. The third-order valence-electron chi connectivity index (χ3n) is 4.82. The Kier molecular flexibility index (Phi) is 5.67. The van der Waals surface area contributed by atoms with Crippen molar-refractivity contribution >= 4 is 33.0 Å². The van der Waals surface area contributed by atoms with Gasteiger partial charge in [0.05, 0.1) is 9.77 Å². The Labute approximate surface area is 162 Å². The molecule has 8 heteroatoms. The number of hydrazine groups is 1. The molecule has 0 fully saturated rings. The van der Waals surface area contributed by atoms with Crippen molar-refractivity contribution in [3.63, 3.8) is 0 Å². The first kappa shape index (κ1) is 19.6. The van der Waals surface area contributed by atoms with E-state index < -0.39 is 15.7 Å². The maximum Gasteiger partial charge on any atom is 0.279 e. The van der Waals surface area contributed by atoms with Gasteiger partial charge in [0.1, 0.15) is 0 Å². The van der Waals surface area contributed by atoms with Crippen LogP contribution in [0, 0.1) is 5.92 Å². The second-order valence-electron chi connectivity index (χ2n) is 6.78. The molecule has 0 radical (unpaired) electrons. The summed E-state index contributed by atoms with van der Waals surface area (Å²) in [4.78, 5) is 26.5. The molecule has 0 bridgehead atoms. The lowest BCUT2D eigenvalue weighted by Crippen LogP contribution is -2.41. The van der Waals surface area contributed by atoms with Crippen LogP contribution < -0.4 is 10.9 Å². The Hall–Kier alpha value is -2.19. The molecule has 2 N–H and O–H groups in total. The van der Waals surface area contributed by atoms with Crippen molar-refractivity contribution in [3.8, 4) is 0 Å². The van der Waals surface area contributed by atoms with E-state index in [-0.39, 0.29) is 16.4 Å². The van der Waals surface area contributed by atoms with Crippen LogP contribution >= 0.6 is 11.3 Å². The van der Waals surface area contributed by atoms with Crippen LogP contribution in [-0.2, 0) is 22.7 Å². The van der Waals surface area contributed by atoms with Gasteiger partial charge in [-0.25, -0.2) is 8.42 Å². The van der Waals surface area contributed by atoms with E-state index in [1.807, 2.05) is 6.07 Å². The lowest BCUT2D eigenvalue weighted by molar-refractivity contribution is 0.0849. The number of benzene rings is 1. The van der Waals surface area contributed by atoms with Gasteiger partial charge in [-0.1, -0.05) is 13.3 Å². The topological polar surface area (TPSA) is 92.3 Å². The average Bonchev–Trinajstić information content (AvgIpc) is 3.08. The zero-order valence-electron chi connectivity index (χ0n) is 15.2. The summed E-state index contributed by atoms with van der Waals surface area (Å²) in [6.45, 7) is 2.19. The molecule has 3 rings (SSSR count). The summed E-state index contributed by atoms with van der Waals surface area (Å²) in [5.74, 6) is -0.169. The number of rotatable bonds is 4. The Balaban J connectivity index is 1.61. The summed E-state index contributed by atoms with van der Waals surface area (Å²) < 4.78 is 22.9. The second kappa shape index (κ2) is 7.82. The Bertz CT molecular complexity index is 962. The smallest absolute Gasteiger partial charge is 0.267 e. The number of aryl methyl sites for hydroxylation is 1. The summed E-state index contributed by atoms with van der Waals surface area (Å²) in [6, 6.07) is 7.47. The normalized spacial score (nSPS) is 16.4. The standard InChI is InChI=1S/C19H22N2O4S2/c1-3-12-4-9-16-14(10-12)11-17(26-16)19(23)21-20-18(22)13-5-7-15(8-6-13)27(2,24)25/h5-8,11-12H,3-4,9-10H2,1-2H3,(H,20,22)(H,21,23)/t12-/m1/s1. The molecule has 144 valence electrons. The van der Waals surface area contributed by atoms with Crippen LogP contribution in [0.15, 0.2) is 35.2 Å². The third-order valence-corrected chi connectivity index (χ3v) is 7.18. The number of amides is 2. The van der Waals surface area contributed by atoms with Gasteiger partial charge in [0, 0.05) is 16.7 Å². The number of sulfone groups is 1. The average molecular weight is 407 g/mol. The quantitative estimate of drug-likeness (QED) is 0.764. The van der Waals surface area contributed by atoms with Gasteiger partial charge in [0.2, 0.25) is 0 Å². The highest BCUT2D eigenvalue weighted by atomic mass is 32.2. The number of fused-ring (bicyclic) bond motifs is 1. The first-order valence-electron chi connectivity index (χ1n) is 8.80. The van der Waals surface area contributed by atoms with E-state index in [4.69, 9.17) is 0 Å². The van der Waals surface area contributed by atoms with Crippen molar-refractivity contribution in [2.24, 2.45) is 5.92 Å². The van der Waals surface area contributed by atoms with Crippen molar-refractivity contribution in [2.45, 2.75) is 37.5 Å². The van der Waals surface area contributed by atoms with Gasteiger partial charge in [-0.3, -0.25) is 20.4 Å². The van der Waals surface area contributed by atoms with Crippen molar-refractivity contribution < 1.29 is 18.0 Å². The largest absolute Gasteiger partial charge is 0.279 e. The number of thiophene rings is 1. The van der Waals surface area contributed by atoms with Gasteiger partial charge in [-0.05, 0) is 61.1 Å². The van der Waals surface area contributed by atoms with E-state index in [1.54, 1.807) is 0 Å². The van der Waals surface area contributed by atoms with E-state index in [1.165, 1.54) is 46.0 Å². The van der Waals surface area contributed by atoms with Gasteiger partial charge in [-0.15, -0.1) is 11.3 Å². The SMILES string of the molecule is CC[C@@H]1CCc2sc(C(=O)NNC(=O)c3ccc(S(C)(=O)=O)cc3)cc2C1. The molecule has 6 nitrogen and oxygen atoms in total. The molecule has 0 saturated carbocycles. The van der Waals surface area contributed by atoms with Crippen LogP contribution in [-0.4, -0.2) is 26.5 Å². The van der Waals surface area contributed by atoms with E-state index in [0.717, 1.165) is 31.9 Å². The Morgan fingerprint density at radius 3 is 2.44 bits per heavy atom. The molecule has 1 aromatic heterocycles. The van der Waals surface area contributed by atoms with Crippen molar-refractivity contribution in [3.05, 3.63) is 51.2 Å². The van der Waals surface area contributed by atoms with Crippen LogP contribution in [0.1, 0.15) is 50.2 Å². The second-order valence-corrected chi connectivity index (χ2v) is 9.93. The molecule has 1 aromatic carbocycles. The monoisotopic (exact) mass is 406 g/mol. The maximum atomic E-state index is 12.3. The molecule has 1 atom stereocenters. The van der Waals surface area contributed by atoms with Crippen LogP contribution in [0.3, 0.4) is 0 Å². The predicted molar refractivity (Wildman–Crippen MR) is 105 cm³/mol. The summed E-state index contributed by atoms with van der Waals surface area (Å²) in [7, 11) is -3.31. The van der Waals surface area contributed by atoms with Gasteiger partial charge in [0.15, 0.2) is 9.84 Å². The van der Waals surface area contributed by atoms with Gasteiger partial charge in [-0.2, -0.15) is 0 Å². The highest BCUT2D eigenvalue weighted by Gasteiger charge is 2.22. The molecular formula is C19H22N2O4S2. The summed E-state index contributed by atoms with van der Waals surface area (Å²) >= 11 is 1.48. The lowest BCUT2D eigenvalue weighted by Gasteiger charge is -2.19. The fraction of sp³-hybridized carbons (Fsp3) is 0.368. The fourth-order valence-electron chi connectivity index (χ4n) is 3.16. The van der Waals surface area contributed by atoms with Crippen LogP contribution in [0.2, 0.25) is 0 Å². The first-order valence-corrected chi connectivity index (χ1v) is 11.5. The molecule has 1 aliphatic carbocycles. The summed E-state index contributed by atoms with van der Waals surface area (Å²) in [5.41, 5.74) is 6.31. The Morgan fingerprint density at radius 2 is 1.81 bits per heavy atom. The summed E-state index contributed by atoms with van der Waals surface area (Å²) in [6.07, 6.45) is 5.42. The number of nitrogens with one attached hydrogen (secondary N) is 2. The molecule has 2 aromatic rings. The molecule has 0 saturated heterocycles. The van der Waals surface area contributed by atoms with Gasteiger partial charge >= 0.3 is 0 Å². The van der Waals surface area contributed by atoms with E-state index in [2.05, 4.69) is 17.8 Å². The fourth-order valence-corrected chi connectivity index (χ4v) is 4.89. The van der Waals surface area contributed by atoms with Gasteiger partial charge in [0.25, 0.3) is 11.8 Å². The minimum Gasteiger partial charge on any atom is -0.267 e. The zero-order chi connectivity index (χ0) is 19.6. The molecule has 0 spiro atoms. The molecule has 0 aliphatic heterocycles. The van der Waals surface area contributed by atoms with Gasteiger partial charge < -0.3 is 0 Å². The van der Waals surface area contributed by atoms with Crippen molar-refractivity contribution in [1.29, 1.82) is 0 Å². The number of hydrogen-bond donors (Lipinski definition) is 2. The van der Waals surface area contributed by atoms with Crippen molar-refractivity contribution in [1.82, 2.24) is 10.9 Å². The minimum absolute atomic E-state index is 0.137. The maximum absolute atomic E-state index is 12.3. The van der Waals surface area contributed by atoms with Crippen molar-refractivity contribution in [2.75, 3.05) is 6.26 Å². The van der Waals surface area contributed by atoms with Crippen LogP contribution in [0.5, 0.6) is 0 Å². The van der Waals surface area contributed by atoms with E-state index in [9.17, 15) is 18.0 Å². The molecule has 2 amide bonds. The molecule has 0 unspecified atom stereocenters. The number of carbonyl (C=O) groups is 2. The highest BCUT2D eigenvalue weighted by Crippen LogP contribution is 2.33. The zero-order valence-corrected chi connectivity index (χ0v) is 16.9.